The van der Waals surface area contributed by atoms with Crippen LogP contribution in [0.15, 0.2) is 83.6 Å². The monoisotopic (exact) mass is 637 g/mol. The molecule has 0 saturated carbocycles. The van der Waals surface area contributed by atoms with Crippen LogP contribution in [-0.2, 0) is 14.3 Å². The number of nitrogens with zero attached hydrogens (tertiary/aromatic N) is 8. The molecule has 5 heterocycles. The second-order valence-electron chi connectivity index (χ2n) is 11.0. The number of nitrogens with two attached hydrogens (primary N) is 1. The molecule has 1 atom stereocenters. The maximum atomic E-state index is 14.3. The molecule has 0 aliphatic carbocycles. The second kappa shape index (κ2) is 13.5. The molecule has 2 N–H and O–H groups in total. The van der Waals surface area contributed by atoms with E-state index in [0.29, 0.717) is 80.9 Å². The number of anilines is 2. The van der Waals surface area contributed by atoms with Gasteiger partial charge < -0.3 is 34.2 Å². The number of nitrogen functional groups attached to an aromatic ring is 1. The zero-order valence-electron chi connectivity index (χ0n) is 25.9. The topological polar surface area (TPSA) is 151 Å². The number of furan rings is 1. The maximum Gasteiger partial charge on any atom is 0.252 e. The molecule has 0 radical (unpaired) electrons. The van der Waals surface area contributed by atoms with Gasteiger partial charge in [-0.25, -0.2) is 4.98 Å². The van der Waals surface area contributed by atoms with E-state index in [-0.39, 0.29) is 11.9 Å². The van der Waals surface area contributed by atoms with Gasteiger partial charge in [-0.1, -0.05) is 30.3 Å². The second-order valence-corrected chi connectivity index (χ2v) is 11.0. The van der Waals surface area contributed by atoms with Gasteiger partial charge in [-0.15, -0.1) is 5.10 Å². The van der Waals surface area contributed by atoms with Gasteiger partial charge in [0.15, 0.2) is 23.1 Å². The molecule has 0 bridgehead atoms. The molecule has 1 unspecified atom stereocenters. The lowest BCUT2D eigenvalue weighted by Gasteiger charge is -2.37. The third-order valence-corrected chi connectivity index (χ3v) is 8.07. The summed E-state index contributed by atoms with van der Waals surface area (Å²) in [6.07, 6.45) is 3.35. The van der Waals surface area contributed by atoms with Crippen LogP contribution < -0.4 is 15.4 Å². The van der Waals surface area contributed by atoms with E-state index in [1.54, 1.807) is 36.4 Å². The largest absolute Gasteiger partial charge is 0.491 e. The van der Waals surface area contributed by atoms with Gasteiger partial charge >= 0.3 is 0 Å². The molecule has 0 spiro atoms. The van der Waals surface area contributed by atoms with Crippen LogP contribution in [0.5, 0.6) is 5.75 Å². The molecule has 1 aliphatic heterocycles. The van der Waals surface area contributed by atoms with E-state index < -0.39 is 6.04 Å². The summed E-state index contributed by atoms with van der Waals surface area (Å²) >= 11 is 0. The fraction of sp³-hybridized carbons (Fsp3) is 0.303. The van der Waals surface area contributed by atoms with Crippen LogP contribution in [0.25, 0.3) is 28.3 Å². The Hall–Kier alpha value is -5.47. The highest BCUT2D eigenvalue weighted by molar-refractivity contribution is 5.91. The predicted molar refractivity (Wildman–Crippen MR) is 174 cm³/mol. The van der Waals surface area contributed by atoms with Crippen molar-refractivity contribution in [2.75, 3.05) is 70.3 Å². The van der Waals surface area contributed by atoms with E-state index in [1.165, 1.54) is 4.52 Å². The molecule has 1 fully saturated rings. The average Bonchev–Trinajstić information content (AvgIpc) is 3.88. The molecular weight excluding hydrogens is 602 g/mol. The van der Waals surface area contributed by atoms with E-state index in [0.717, 1.165) is 17.0 Å². The molecule has 1 aliphatic rings. The van der Waals surface area contributed by atoms with Crippen molar-refractivity contribution in [1.29, 1.82) is 0 Å². The van der Waals surface area contributed by atoms with Gasteiger partial charge in [-0.3, -0.25) is 9.48 Å². The van der Waals surface area contributed by atoms with Crippen molar-refractivity contribution in [3.8, 4) is 17.3 Å². The summed E-state index contributed by atoms with van der Waals surface area (Å²) in [5.74, 6) is 1.75. The summed E-state index contributed by atoms with van der Waals surface area (Å²) in [7, 11) is 1.65. The summed E-state index contributed by atoms with van der Waals surface area (Å²) in [5.41, 5.74) is 8.99. The van der Waals surface area contributed by atoms with Gasteiger partial charge in [0.1, 0.15) is 12.4 Å². The first kappa shape index (κ1) is 30.2. The number of carbonyl (C=O) groups is 1. The Morgan fingerprint density at radius 3 is 2.45 bits per heavy atom. The Morgan fingerprint density at radius 2 is 1.70 bits per heavy atom. The van der Waals surface area contributed by atoms with Gasteiger partial charge in [-0.2, -0.15) is 14.6 Å². The molecular formula is C33H35N9O5. The Morgan fingerprint density at radius 1 is 0.915 bits per heavy atom. The number of amides is 1. The smallest absolute Gasteiger partial charge is 0.252 e. The average molecular weight is 638 g/mol. The minimum absolute atomic E-state index is 0.0538. The van der Waals surface area contributed by atoms with E-state index in [4.69, 9.17) is 29.5 Å². The molecule has 7 rings (SSSR count). The van der Waals surface area contributed by atoms with Gasteiger partial charge in [0, 0.05) is 45.2 Å². The predicted octanol–water partition coefficient (Wildman–Crippen LogP) is 3.30. The number of piperazine rings is 1. The van der Waals surface area contributed by atoms with Crippen LogP contribution in [0.3, 0.4) is 0 Å². The quantitative estimate of drug-likeness (QED) is 0.197. The lowest BCUT2D eigenvalue weighted by molar-refractivity contribution is -0.134. The molecule has 47 heavy (non-hydrogen) atoms. The summed E-state index contributed by atoms with van der Waals surface area (Å²) in [5, 5.41) is 9.84. The maximum absolute atomic E-state index is 14.3. The van der Waals surface area contributed by atoms with Crippen molar-refractivity contribution in [2.24, 2.45) is 0 Å². The molecule has 1 amide bonds. The van der Waals surface area contributed by atoms with Crippen molar-refractivity contribution in [3.05, 3.63) is 84.8 Å². The fourth-order valence-electron chi connectivity index (χ4n) is 5.68. The SMILES string of the molecule is COCCOCCOc1ccc(N2CCN(C(=O)C(c3ccccc3)n3cc4c(nc(N)n5nc(-c6ccco6)nc45)n3)CC2)cc1. The zero-order chi connectivity index (χ0) is 32.2. The minimum Gasteiger partial charge on any atom is -0.491 e. The van der Waals surface area contributed by atoms with E-state index in [9.17, 15) is 4.79 Å². The number of aromatic nitrogens is 6. The lowest BCUT2D eigenvalue weighted by Crippen LogP contribution is -2.50. The van der Waals surface area contributed by atoms with Crippen molar-refractivity contribution >= 4 is 34.2 Å². The highest BCUT2D eigenvalue weighted by atomic mass is 16.5. The van der Waals surface area contributed by atoms with E-state index in [1.807, 2.05) is 59.5 Å². The Bertz CT molecular complexity index is 1930. The van der Waals surface area contributed by atoms with Crippen LogP contribution in [0.4, 0.5) is 11.6 Å². The molecule has 4 aromatic heterocycles. The zero-order valence-corrected chi connectivity index (χ0v) is 25.9. The third kappa shape index (κ3) is 6.33. The number of hydrogen-bond donors (Lipinski definition) is 1. The molecule has 14 heteroatoms. The highest BCUT2D eigenvalue weighted by Gasteiger charge is 2.31. The third-order valence-electron chi connectivity index (χ3n) is 8.07. The summed E-state index contributed by atoms with van der Waals surface area (Å²) in [4.78, 5) is 27.6. The van der Waals surface area contributed by atoms with Crippen molar-refractivity contribution < 1.29 is 23.4 Å². The number of benzene rings is 2. The van der Waals surface area contributed by atoms with Crippen LogP contribution in [0, 0.1) is 0 Å². The van der Waals surface area contributed by atoms with Gasteiger partial charge in [0.25, 0.3) is 5.91 Å². The Labute approximate surface area is 270 Å². The first-order chi connectivity index (χ1) is 23.1. The number of methoxy groups -OCH3 is 1. The van der Waals surface area contributed by atoms with Crippen LogP contribution in [0.1, 0.15) is 11.6 Å². The number of fused-ring (bicyclic) bond motifs is 3. The fourth-order valence-corrected chi connectivity index (χ4v) is 5.68. The highest BCUT2D eigenvalue weighted by Crippen LogP contribution is 2.28. The van der Waals surface area contributed by atoms with Gasteiger partial charge in [0.05, 0.1) is 31.5 Å². The Balaban J connectivity index is 1.07. The Kier molecular flexibility index (Phi) is 8.66. The molecule has 242 valence electrons. The van der Waals surface area contributed by atoms with Crippen LogP contribution >= 0.6 is 0 Å². The summed E-state index contributed by atoms with van der Waals surface area (Å²) in [6, 6.07) is 20.5. The number of hydrogen-bond acceptors (Lipinski definition) is 11. The number of ether oxygens (including phenoxy) is 3. The van der Waals surface area contributed by atoms with E-state index >= 15 is 0 Å². The lowest BCUT2D eigenvalue weighted by atomic mass is 10.1. The van der Waals surface area contributed by atoms with Crippen molar-refractivity contribution in [1.82, 2.24) is 34.3 Å². The minimum atomic E-state index is -0.708. The molecule has 6 aromatic rings. The molecule has 2 aromatic carbocycles. The molecule has 14 nitrogen and oxygen atoms in total. The number of rotatable bonds is 12. The number of carbonyl (C=O) groups excluding carboxylic acids is 1. The van der Waals surface area contributed by atoms with Crippen molar-refractivity contribution in [2.45, 2.75) is 6.04 Å². The molecule has 1 saturated heterocycles. The summed E-state index contributed by atoms with van der Waals surface area (Å²) in [6.45, 7) is 4.59. The van der Waals surface area contributed by atoms with E-state index in [2.05, 4.69) is 20.0 Å². The normalized spacial score (nSPS) is 14.2. The van der Waals surface area contributed by atoms with Gasteiger partial charge in [-0.05, 0) is 42.0 Å². The van der Waals surface area contributed by atoms with Crippen LogP contribution in [0.2, 0.25) is 0 Å². The van der Waals surface area contributed by atoms with Crippen molar-refractivity contribution in [3.63, 3.8) is 0 Å². The summed E-state index contributed by atoms with van der Waals surface area (Å²) < 4.78 is 24.8. The van der Waals surface area contributed by atoms with Gasteiger partial charge in [0.2, 0.25) is 11.8 Å². The standard InChI is InChI=1S/C33H35N9O5/c1-44-18-19-45-20-21-46-25-11-9-24(10-12-25)39-13-15-40(16-14-39)32(43)28(23-6-3-2-4-7-23)41-22-26-29(37-41)36-33(34)42-31(26)35-30(38-42)27-8-5-17-47-27/h2-12,17,22,28H,13-16,18-21H2,1H3,(H2,34,36,37). The first-order valence-corrected chi connectivity index (χ1v) is 15.4. The van der Waals surface area contributed by atoms with Crippen LogP contribution in [-0.4, -0.2) is 99.9 Å². The first-order valence-electron chi connectivity index (χ1n) is 15.4.